The Morgan fingerprint density at radius 1 is 0.385 bits per heavy atom. The maximum Gasteiger partial charge on any atom is 0.0465 e. The zero-order chi connectivity index (χ0) is 53.1. The van der Waals surface area contributed by atoms with Crippen molar-refractivity contribution >= 4 is 34.1 Å². The molecule has 78 heavy (non-hydrogen) atoms. The lowest BCUT2D eigenvalue weighted by Gasteiger charge is -2.45. The smallest absolute Gasteiger partial charge is 0.0465 e. The van der Waals surface area contributed by atoms with Gasteiger partial charge in [0.15, 0.2) is 0 Å². The van der Waals surface area contributed by atoms with E-state index in [1.54, 1.807) is 0 Å². The molecule has 6 aliphatic rings. The molecule has 4 atom stereocenters. The van der Waals surface area contributed by atoms with E-state index in [2.05, 4.69) is 284 Å². The van der Waals surface area contributed by atoms with E-state index in [0.29, 0.717) is 11.8 Å². The molecule has 0 bridgehead atoms. The van der Waals surface area contributed by atoms with E-state index in [4.69, 9.17) is 0 Å². The Hall–Kier alpha value is -7.94. The number of hydrogen-bond acceptors (Lipinski definition) is 2. The molecule has 0 saturated carbocycles. The van der Waals surface area contributed by atoms with Crippen LogP contribution in [0.4, 0.5) is 34.1 Å². The predicted molar refractivity (Wildman–Crippen MR) is 326 cm³/mol. The third-order valence-electron chi connectivity index (χ3n) is 20.5. The third kappa shape index (κ3) is 6.38. The van der Waals surface area contributed by atoms with E-state index in [-0.39, 0.29) is 27.1 Å². The van der Waals surface area contributed by atoms with Crippen LogP contribution in [0.15, 0.2) is 218 Å². The second-order valence-corrected chi connectivity index (χ2v) is 25.1. The average Bonchev–Trinajstić information content (AvgIpc) is 3.40. The number of nitrogens with zero attached hydrogens (tertiary/aromatic N) is 2. The number of hydrogen-bond donors (Lipinski definition) is 0. The molecule has 6 aliphatic carbocycles. The van der Waals surface area contributed by atoms with Crippen molar-refractivity contribution in [3.8, 4) is 22.3 Å². The molecule has 0 fully saturated rings. The fourth-order valence-corrected chi connectivity index (χ4v) is 16.1. The number of anilines is 6. The molecular weight excluding hydrogens is 941 g/mol. The summed E-state index contributed by atoms with van der Waals surface area (Å²) in [5, 5.41) is 0. The van der Waals surface area contributed by atoms with Crippen LogP contribution < -0.4 is 9.80 Å². The molecule has 0 aliphatic heterocycles. The monoisotopic (exact) mass is 1010 g/mol. The van der Waals surface area contributed by atoms with Crippen molar-refractivity contribution in [3.63, 3.8) is 0 Å². The highest BCUT2D eigenvalue weighted by Gasteiger charge is 2.54. The predicted octanol–water partition coefficient (Wildman–Crippen LogP) is 19.7. The SMILES string of the molecule is CCC1(c2ccc(N(c3ccccc3)c3ccc4c(c3)C(C)(C)c3ccccc3-4)cc2)Cc2cc3c(cc21)C(C)(C)c1cc2c(cc1-3)C2(CC)c1ccc(N(c2ccccc2)c2ccc3c(c2)C(C)(C)C2C=CC=CC32)cc1. The Labute approximate surface area is 462 Å². The first kappa shape index (κ1) is 47.3. The van der Waals surface area contributed by atoms with Gasteiger partial charge in [-0.2, -0.15) is 0 Å². The first-order chi connectivity index (χ1) is 37.8. The Morgan fingerprint density at radius 3 is 1.54 bits per heavy atom. The van der Waals surface area contributed by atoms with Crippen molar-refractivity contribution in [2.45, 2.75) is 108 Å². The molecular formula is C76H68N2. The largest absolute Gasteiger partial charge is 0.310 e. The minimum Gasteiger partial charge on any atom is -0.310 e. The lowest BCUT2D eigenvalue weighted by molar-refractivity contribution is 0.394. The third-order valence-corrected chi connectivity index (χ3v) is 20.5. The molecule has 9 aromatic rings. The minimum atomic E-state index is -0.119. The normalized spacial score (nSPS) is 21.9. The lowest BCUT2D eigenvalue weighted by atomic mass is 9.58. The Kier molecular flexibility index (Phi) is 10.0. The minimum absolute atomic E-state index is 0.0213. The van der Waals surface area contributed by atoms with E-state index < -0.39 is 0 Å². The Bertz CT molecular complexity index is 4000. The Morgan fingerprint density at radius 2 is 0.885 bits per heavy atom. The summed E-state index contributed by atoms with van der Waals surface area (Å²) < 4.78 is 0. The molecule has 0 N–H and O–H groups in total. The second-order valence-electron chi connectivity index (χ2n) is 25.1. The number of rotatable bonds is 10. The highest BCUT2D eigenvalue weighted by Crippen LogP contribution is 2.64. The molecule has 0 amide bonds. The van der Waals surface area contributed by atoms with Gasteiger partial charge in [-0.1, -0.05) is 195 Å². The van der Waals surface area contributed by atoms with Gasteiger partial charge < -0.3 is 9.80 Å². The number of fused-ring (bicyclic) bond motifs is 11. The number of benzene rings is 9. The van der Waals surface area contributed by atoms with Gasteiger partial charge >= 0.3 is 0 Å². The zero-order valence-electron chi connectivity index (χ0n) is 46.5. The zero-order valence-corrected chi connectivity index (χ0v) is 46.5. The molecule has 0 radical (unpaired) electrons. The van der Waals surface area contributed by atoms with Gasteiger partial charge in [0.25, 0.3) is 0 Å². The van der Waals surface area contributed by atoms with E-state index in [1.165, 1.54) is 117 Å². The highest BCUT2D eigenvalue weighted by molar-refractivity contribution is 5.89. The molecule has 382 valence electrons. The molecule has 0 saturated heterocycles. The molecule has 2 nitrogen and oxygen atoms in total. The summed E-state index contributed by atoms with van der Waals surface area (Å²) in [6, 6.07) is 74.6. The molecule has 9 aromatic carbocycles. The van der Waals surface area contributed by atoms with Gasteiger partial charge in [0.2, 0.25) is 0 Å². The fraction of sp³-hybridized carbons (Fsp3) is 0.237. The first-order valence-electron chi connectivity index (χ1n) is 28.8. The topological polar surface area (TPSA) is 6.48 Å². The molecule has 4 unspecified atom stereocenters. The second kappa shape index (κ2) is 16.5. The standard InChI is InChI=1S/C76H68N2/c1-9-75(49-29-33-53(34-30-49)77(51-21-13-11-14-22-51)55-37-39-59-57-25-17-19-27-63(57)72(3,4)66(59)42-55)47-48-41-61-62-44-70-71(46-69(62)74(7,8)68(61)45-65(48)75)76(70,10-2)50-31-35-54(36-32-50)78(52-23-15-12-16-24-52)56-38-40-60-58-26-18-20-28-64(58)73(5,6)67(60)43-56/h11-46,58,64H,9-10,47H2,1-8H3. The van der Waals surface area contributed by atoms with Crippen LogP contribution in [0.3, 0.4) is 0 Å². The van der Waals surface area contributed by atoms with E-state index in [9.17, 15) is 0 Å². The summed E-state index contributed by atoms with van der Waals surface area (Å²) in [5.74, 6) is 0.910. The van der Waals surface area contributed by atoms with E-state index in [1.807, 2.05) is 0 Å². The molecule has 0 aromatic heterocycles. The van der Waals surface area contributed by atoms with Crippen LogP contribution in [-0.4, -0.2) is 0 Å². The number of allylic oxidation sites excluding steroid dienone is 4. The van der Waals surface area contributed by atoms with Crippen molar-refractivity contribution in [2.75, 3.05) is 9.80 Å². The van der Waals surface area contributed by atoms with Crippen LogP contribution in [0.5, 0.6) is 0 Å². The highest BCUT2D eigenvalue weighted by atomic mass is 15.1. The van der Waals surface area contributed by atoms with Gasteiger partial charge in [-0.05, 0) is 198 Å². The van der Waals surface area contributed by atoms with E-state index in [0.717, 1.165) is 24.9 Å². The summed E-state index contributed by atoms with van der Waals surface area (Å²) >= 11 is 0. The molecule has 0 heterocycles. The maximum absolute atomic E-state index is 2.63. The quantitative estimate of drug-likeness (QED) is 0.135. The van der Waals surface area contributed by atoms with Crippen LogP contribution >= 0.6 is 0 Å². The summed E-state index contributed by atoms with van der Waals surface area (Å²) in [7, 11) is 0. The van der Waals surface area contributed by atoms with Crippen LogP contribution in [0.25, 0.3) is 22.3 Å². The van der Waals surface area contributed by atoms with Crippen LogP contribution in [-0.2, 0) is 33.5 Å². The summed E-state index contributed by atoms with van der Waals surface area (Å²) in [6.45, 7) is 19.3. The van der Waals surface area contributed by atoms with Gasteiger partial charge in [0.05, 0.1) is 0 Å². The van der Waals surface area contributed by atoms with Crippen molar-refractivity contribution in [2.24, 2.45) is 5.92 Å². The summed E-state index contributed by atoms with van der Waals surface area (Å²) in [6.07, 6.45) is 12.4. The van der Waals surface area contributed by atoms with Crippen molar-refractivity contribution in [1.82, 2.24) is 0 Å². The summed E-state index contributed by atoms with van der Waals surface area (Å²) in [5.41, 5.74) is 29.9. The average molecular weight is 1010 g/mol. The first-order valence-corrected chi connectivity index (χ1v) is 28.8. The maximum atomic E-state index is 2.63. The Balaban J connectivity index is 0.733. The van der Waals surface area contributed by atoms with Gasteiger partial charge in [-0.25, -0.2) is 0 Å². The van der Waals surface area contributed by atoms with Crippen molar-refractivity contribution < 1.29 is 0 Å². The number of para-hydroxylation sites is 2. The molecule has 15 rings (SSSR count). The van der Waals surface area contributed by atoms with Gasteiger partial charge in [-0.3, -0.25) is 0 Å². The van der Waals surface area contributed by atoms with Crippen molar-refractivity contribution in [1.29, 1.82) is 0 Å². The van der Waals surface area contributed by atoms with Crippen LogP contribution in [0.2, 0.25) is 0 Å². The van der Waals surface area contributed by atoms with Crippen molar-refractivity contribution in [3.05, 3.63) is 285 Å². The van der Waals surface area contributed by atoms with Crippen LogP contribution in [0, 0.1) is 5.92 Å². The fourth-order valence-electron chi connectivity index (χ4n) is 16.1. The van der Waals surface area contributed by atoms with Gasteiger partial charge in [0, 0.05) is 61.7 Å². The van der Waals surface area contributed by atoms with Gasteiger partial charge in [0.1, 0.15) is 0 Å². The van der Waals surface area contributed by atoms with E-state index >= 15 is 0 Å². The van der Waals surface area contributed by atoms with Gasteiger partial charge in [-0.15, -0.1) is 0 Å². The lowest BCUT2D eigenvalue weighted by Crippen LogP contribution is -2.40. The van der Waals surface area contributed by atoms with Crippen LogP contribution in [0.1, 0.15) is 141 Å². The molecule has 0 spiro atoms. The summed E-state index contributed by atoms with van der Waals surface area (Å²) in [4.78, 5) is 4.89. The molecule has 2 heteroatoms.